The van der Waals surface area contributed by atoms with Gasteiger partial charge in [0, 0.05) is 24.3 Å². The quantitative estimate of drug-likeness (QED) is 0.474. The molecule has 2 atom stereocenters. The van der Waals surface area contributed by atoms with Gasteiger partial charge in [0.2, 0.25) is 0 Å². The standard InChI is InChI=1S/C28H33N5O4/c1-17-6-9-23(20-7-8-21-14-29-11-10-19(21)13-20)33(16-17)26(35)25(34)31-22-12-18(2)24(30-15-22)32-27(36)37-28(3,4)5/h7-8,10-15,17,23H,6,9,16H2,1-5H3,(H,31,34)(H,30,32,36)/t17-,23+/m1/s1. The van der Waals surface area contributed by atoms with E-state index in [9.17, 15) is 14.4 Å². The molecule has 1 aromatic carbocycles. The predicted octanol–water partition coefficient (Wildman–Crippen LogP) is 5.22. The molecule has 2 N–H and O–H groups in total. The average molecular weight is 504 g/mol. The molecule has 1 fully saturated rings. The third-order valence-electron chi connectivity index (χ3n) is 6.28. The summed E-state index contributed by atoms with van der Waals surface area (Å²) in [6.07, 6.45) is 6.09. The van der Waals surface area contributed by atoms with Crippen LogP contribution in [0.3, 0.4) is 0 Å². The van der Waals surface area contributed by atoms with E-state index in [2.05, 4.69) is 33.6 Å². The van der Waals surface area contributed by atoms with Crippen LogP contribution in [0.4, 0.5) is 16.3 Å². The van der Waals surface area contributed by atoms with Crippen molar-refractivity contribution < 1.29 is 19.1 Å². The van der Waals surface area contributed by atoms with Crippen molar-refractivity contribution in [2.45, 2.75) is 59.1 Å². The fourth-order valence-corrected chi connectivity index (χ4v) is 4.52. The van der Waals surface area contributed by atoms with Crippen LogP contribution in [0, 0.1) is 12.8 Å². The lowest BCUT2D eigenvalue weighted by Crippen LogP contribution is -2.46. The number of carbonyl (C=O) groups is 3. The van der Waals surface area contributed by atoms with Crippen molar-refractivity contribution in [2.75, 3.05) is 17.2 Å². The molecule has 2 aromatic heterocycles. The van der Waals surface area contributed by atoms with Gasteiger partial charge in [0.05, 0.1) is 17.9 Å². The fraction of sp³-hybridized carbons (Fsp3) is 0.393. The molecule has 1 saturated heterocycles. The second-order valence-electron chi connectivity index (χ2n) is 10.6. The Bertz CT molecular complexity index is 1330. The number of aromatic nitrogens is 2. The number of ether oxygens (including phenoxy) is 1. The Balaban J connectivity index is 1.48. The van der Waals surface area contributed by atoms with Crippen LogP contribution >= 0.6 is 0 Å². The first kappa shape index (κ1) is 26.1. The van der Waals surface area contributed by atoms with Crippen molar-refractivity contribution in [1.29, 1.82) is 0 Å². The molecule has 4 rings (SSSR count). The summed E-state index contributed by atoms with van der Waals surface area (Å²) in [7, 11) is 0. The molecule has 194 valence electrons. The third kappa shape index (κ3) is 6.41. The van der Waals surface area contributed by atoms with Crippen LogP contribution < -0.4 is 10.6 Å². The highest BCUT2D eigenvalue weighted by Crippen LogP contribution is 2.34. The first-order valence-corrected chi connectivity index (χ1v) is 12.4. The molecule has 3 amide bonds. The Labute approximate surface area is 216 Å². The van der Waals surface area contributed by atoms with Crippen LogP contribution in [0.2, 0.25) is 0 Å². The molecule has 9 heteroatoms. The summed E-state index contributed by atoms with van der Waals surface area (Å²) in [6, 6.07) is 9.48. The second kappa shape index (κ2) is 10.5. The van der Waals surface area contributed by atoms with Crippen LogP contribution in [-0.2, 0) is 14.3 Å². The number of fused-ring (bicyclic) bond motifs is 1. The Morgan fingerprint density at radius 3 is 2.54 bits per heavy atom. The van der Waals surface area contributed by atoms with Gasteiger partial charge in [-0.1, -0.05) is 19.1 Å². The number of benzene rings is 1. The van der Waals surface area contributed by atoms with Crippen molar-refractivity contribution in [2.24, 2.45) is 5.92 Å². The number of rotatable bonds is 3. The van der Waals surface area contributed by atoms with Crippen LogP contribution in [0.25, 0.3) is 10.8 Å². The number of pyridine rings is 2. The Hall–Kier alpha value is -4.01. The van der Waals surface area contributed by atoms with Gasteiger partial charge in [-0.15, -0.1) is 0 Å². The summed E-state index contributed by atoms with van der Waals surface area (Å²) in [6.45, 7) is 9.65. The van der Waals surface area contributed by atoms with Crippen molar-refractivity contribution in [3.63, 3.8) is 0 Å². The summed E-state index contributed by atoms with van der Waals surface area (Å²) in [5, 5.41) is 7.34. The number of amides is 3. The lowest BCUT2D eigenvalue weighted by Gasteiger charge is -2.38. The Morgan fingerprint density at radius 2 is 1.81 bits per heavy atom. The molecule has 37 heavy (non-hydrogen) atoms. The van der Waals surface area contributed by atoms with Crippen LogP contribution in [0.1, 0.15) is 57.7 Å². The lowest BCUT2D eigenvalue weighted by atomic mass is 9.89. The minimum absolute atomic E-state index is 0.188. The Kier molecular flexibility index (Phi) is 7.42. The normalized spacial score (nSPS) is 17.8. The van der Waals surface area contributed by atoms with Gasteiger partial charge in [-0.3, -0.25) is 19.9 Å². The molecular formula is C28H33N5O4. The minimum Gasteiger partial charge on any atom is -0.444 e. The summed E-state index contributed by atoms with van der Waals surface area (Å²) in [4.78, 5) is 48.5. The highest BCUT2D eigenvalue weighted by Gasteiger charge is 2.34. The van der Waals surface area contributed by atoms with E-state index in [-0.39, 0.29) is 6.04 Å². The first-order chi connectivity index (χ1) is 17.5. The average Bonchev–Trinajstić information content (AvgIpc) is 2.83. The van der Waals surface area contributed by atoms with Gasteiger partial charge in [-0.05, 0) is 81.2 Å². The number of aryl methyl sites for hydroxylation is 1. The molecule has 0 spiro atoms. The SMILES string of the molecule is Cc1cc(NC(=O)C(=O)N2C[C@H](C)CC[C@H]2c2ccc3cnccc3c2)cnc1NC(=O)OC(C)(C)C. The number of anilines is 2. The van der Waals surface area contributed by atoms with E-state index in [0.717, 1.165) is 29.2 Å². The summed E-state index contributed by atoms with van der Waals surface area (Å²) < 4.78 is 5.26. The fourth-order valence-electron chi connectivity index (χ4n) is 4.52. The molecule has 0 radical (unpaired) electrons. The van der Waals surface area contributed by atoms with Crippen molar-refractivity contribution in [3.8, 4) is 0 Å². The van der Waals surface area contributed by atoms with Crippen molar-refractivity contribution >= 4 is 40.2 Å². The van der Waals surface area contributed by atoms with Gasteiger partial charge in [0.15, 0.2) is 0 Å². The number of hydrogen-bond acceptors (Lipinski definition) is 6. The van der Waals surface area contributed by atoms with Gasteiger partial charge in [-0.25, -0.2) is 9.78 Å². The maximum Gasteiger partial charge on any atom is 0.413 e. The van der Waals surface area contributed by atoms with E-state index < -0.39 is 23.5 Å². The van der Waals surface area contributed by atoms with Gasteiger partial charge in [0.1, 0.15) is 11.4 Å². The lowest BCUT2D eigenvalue weighted by molar-refractivity contribution is -0.146. The largest absolute Gasteiger partial charge is 0.444 e. The zero-order valence-electron chi connectivity index (χ0n) is 21.9. The molecule has 3 heterocycles. The number of nitrogens with one attached hydrogen (secondary N) is 2. The predicted molar refractivity (Wildman–Crippen MR) is 142 cm³/mol. The van der Waals surface area contributed by atoms with Crippen LogP contribution in [-0.4, -0.2) is 44.9 Å². The molecule has 0 aliphatic carbocycles. The zero-order chi connectivity index (χ0) is 26.7. The summed E-state index contributed by atoms with van der Waals surface area (Å²) in [5.74, 6) is -0.701. The summed E-state index contributed by atoms with van der Waals surface area (Å²) >= 11 is 0. The molecule has 0 unspecified atom stereocenters. The molecule has 3 aromatic rings. The number of piperidine rings is 1. The minimum atomic E-state index is -0.724. The van der Waals surface area contributed by atoms with Crippen LogP contribution in [0.15, 0.2) is 48.9 Å². The molecule has 1 aliphatic rings. The highest BCUT2D eigenvalue weighted by molar-refractivity contribution is 6.39. The van der Waals surface area contributed by atoms with E-state index in [1.165, 1.54) is 6.20 Å². The maximum absolute atomic E-state index is 13.3. The Morgan fingerprint density at radius 1 is 1.03 bits per heavy atom. The number of hydrogen-bond donors (Lipinski definition) is 2. The van der Waals surface area contributed by atoms with Crippen molar-refractivity contribution in [1.82, 2.24) is 14.9 Å². The van der Waals surface area contributed by atoms with E-state index in [1.54, 1.807) is 44.9 Å². The van der Waals surface area contributed by atoms with E-state index in [0.29, 0.717) is 29.5 Å². The topological polar surface area (TPSA) is 114 Å². The molecular weight excluding hydrogens is 470 g/mol. The maximum atomic E-state index is 13.3. The molecule has 0 bridgehead atoms. The van der Waals surface area contributed by atoms with E-state index >= 15 is 0 Å². The van der Waals surface area contributed by atoms with E-state index in [4.69, 9.17) is 4.74 Å². The monoisotopic (exact) mass is 503 g/mol. The van der Waals surface area contributed by atoms with Gasteiger partial charge in [0.25, 0.3) is 0 Å². The zero-order valence-corrected chi connectivity index (χ0v) is 21.9. The van der Waals surface area contributed by atoms with E-state index in [1.807, 2.05) is 24.4 Å². The number of likely N-dealkylation sites (tertiary alicyclic amines) is 1. The third-order valence-corrected chi connectivity index (χ3v) is 6.28. The van der Waals surface area contributed by atoms with Gasteiger partial charge >= 0.3 is 17.9 Å². The number of carbonyl (C=O) groups excluding carboxylic acids is 3. The van der Waals surface area contributed by atoms with Crippen molar-refractivity contribution in [3.05, 3.63) is 60.0 Å². The summed E-state index contributed by atoms with van der Waals surface area (Å²) in [5.41, 5.74) is 1.35. The molecule has 1 aliphatic heterocycles. The number of nitrogens with zero attached hydrogens (tertiary/aromatic N) is 3. The molecule has 0 saturated carbocycles. The van der Waals surface area contributed by atoms with Crippen LogP contribution in [0.5, 0.6) is 0 Å². The molecule has 9 nitrogen and oxygen atoms in total. The highest BCUT2D eigenvalue weighted by atomic mass is 16.6. The second-order valence-corrected chi connectivity index (χ2v) is 10.6. The van der Waals surface area contributed by atoms with Gasteiger partial charge in [-0.2, -0.15) is 0 Å². The smallest absolute Gasteiger partial charge is 0.413 e. The van der Waals surface area contributed by atoms with Gasteiger partial charge < -0.3 is 15.0 Å². The first-order valence-electron chi connectivity index (χ1n) is 12.4.